The van der Waals surface area contributed by atoms with E-state index < -0.39 is 17.9 Å². The summed E-state index contributed by atoms with van der Waals surface area (Å²) in [6.07, 6.45) is 1.44. The number of rotatable bonds is 9. The number of methoxy groups -OCH3 is 1. The van der Waals surface area contributed by atoms with Gasteiger partial charge in [0.25, 0.3) is 11.8 Å². The zero-order valence-electron chi connectivity index (χ0n) is 18.9. The highest BCUT2D eigenvalue weighted by Crippen LogP contribution is 2.37. The van der Waals surface area contributed by atoms with Gasteiger partial charge in [-0.2, -0.15) is 5.10 Å². The zero-order valence-corrected chi connectivity index (χ0v) is 22.0. The summed E-state index contributed by atoms with van der Waals surface area (Å²) in [6.45, 7) is 7.46. The number of amides is 2. The number of nitrogens with one attached hydrogen (secondary N) is 2. The van der Waals surface area contributed by atoms with Crippen LogP contribution in [0.4, 0.5) is 0 Å². The van der Waals surface area contributed by atoms with Crippen LogP contribution in [0, 0.1) is 5.92 Å². The SMILES string of the molecule is COc1cc(C=NNC(=O)C(NC(=O)c2ccc(Cl)cc2Cl)C(C)C)cc(Br)c1OC(C)C. The monoisotopic (exact) mass is 557 g/mol. The molecule has 2 aromatic carbocycles. The van der Waals surface area contributed by atoms with Gasteiger partial charge in [0, 0.05) is 5.02 Å². The van der Waals surface area contributed by atoms with Crippen LogP contribution >= 0.6 is 39.1 Å². The predicted molar refractivity (Wildman–Crippen MR) is 135 cm³/mol. The van der Waals surface area contributed by atoms with Crippen molar-refractivity contribution < 1.29 is 19.1 Å². The number of carbonyl (C=O) groups excluding carboxylic acids is 2. The molecule has 0 fully saturated rings. The third kappa shape index (κ3) is 7.62. The largest absolute Gasteiger partial charge is 0.493 e. The molecule has 0 bridgehead atoms. The Labute approximate surface area is 211 Å². The average molecular weight is 559 g/mol. The molecule has 178 valence electrons. The molecule has 0 aromatic heterocycles. The van der Waals surface area contributed by atoms with Crippen LogP contribution in [-0.4, -0.2) is 37.3 Å². The molecule has 2 rings (SSSR count). The van der Waals surface area contributed by atoms with Crippen LogP contribution in [0.25, 0.3) is 0 Å². The van der Waals surface area contributed by atoms with E-state index in [2.05, 4.69) is 31.8 Å². The van der Waals surface area contributed by atoms with E-state index in [0.29, 0.717) is 26.6 Å². The number of ether oxygens (including phenoxy) is 2. The molecule has 7 nitrogen and oxygen atoms in total. The Morgan fingerprint density at radius 3 is 2.39 bits per heavy atom. The van der Waals surface area contributed by atoms with Gasteiger partial charge in [0.15, 0.2) is 11.5 Å². The maximum absolute atomic E-state index is 12.7. The van der Waals surface area contributed by atoms with E-state index in [1.54, 1.807) is 25.3 Å². The maximum atomic E-state index is 12.7. The first-order valence-electron chi connectivity index (χ1n) is 10.2. The zero-order chi connectivity index (χ0) is 24.7. The summed E-state index contributed by atoms with van der Waals surface area (Å²) in [4.78, 5) is 25.3. The Morgan fingerprint density at radius 2 is 1.82 bits per heavy atom. The maximum Gasteiger partial charge on any atom is 0.262 e. The summed E-state index contributed by atoms with van der Waals surface area (Å²) >= 11 is 15.5. The highest BCUT2D eigenvalue weighted by molar-refractivity contribution is 9.10. The van der Waals surface area contributed by atoms with Crippen molar-refractivity contribution in [3.63, 3.8) is 0 Å². The van der Waals surface area contributed by atoms with Crippen LogP contribution in [0.5, 0.6) is 11.5 Å². The molecule has 2 N–H and O–H groups in total. The molecule has 1 atom stereocenters. The summed E-state index contributed by atoms with van der Waals surface area (Å²) in [6, 6.07) is 7.23. The standard InChI is InChI=1S/C23H26BrCl2N3O4/c1-12(2)20(28-22(30)16-7-6-15(25)10-18(16)26)23(31)29-27-11-14-8-17(24)21(33-13(3)4)19(9-14)32-5/h6-13,20H,1-5H3,(H,28,30)(H,29,31). The Hall–Kier alpha value is -2.29. The van der Waals surface area contributed by atoms with Gasteiger partial charge >= 0.3 is 0 Å². The molecular weight excluding hydrogens is 533 g/mol. The van der Waals surface area contributed by atoms with E-state index >= 15 is 0 Å². The van der Waals surface area contributed by atoms with Crippen molar-refractivity contribution in [1.29, 1.82) is 0 Å². The number of hydrogen-bond donors (Lipinski definition) is 2. The van der Waals surface area contributed by atoms with Gasteiger partial charge in [-0.15, -0.1) is 0 Å². The fourth-order valence-electron chi connectivity index (χ4n) is 2.83. The fourth-order valence-corrected chi connectivity index (χ4v) is 3.88. The predicted octanol–water partition coefficient (Wildman–Crippen LogP) is 5.46. The normalized spacial score (nSPS) is 12.2. The van der Waals surface area contributed by atoms with E-state index in [1.165, 1.54) is 18.3 Å². The molecule has 0 radical (unpaired) electrons. The van der Waals surface area contributed by atoms with Gasteiger partial charge in [0.1, 0.15) is 6.04 Å². The highest BCUT2D eigenvalue weighted by Gasteiger charge is 2.25. The van der Waals surface area contributed by atoms with Crippen LogP contribution in [-0.2, 0) is 4.79 Å². The van der Waals surface area contributed by atoms with Crippen molar-refractivity contribution in [3.05, 3.63) is 56.0 Å². The average Bonchev–Trinajstić information content (AvgIpc) is 2.72. The molecule has 2 aromatic rings. The van der Waals surface area contributed by atoms with Crippen molar-refractivity contribution in [1.82, 2.24) is 10.7 Å². The van der Waals surface area contributed by atoms with E-state index in [9.17, 15) is 9.59 Å². The summed E-state index contributed by atoms with van der Waals surface area (Å²) in [7, 11) is 1.54. The fraction of sp³-hybridized carbons (Fsp3) is 0.348. The second kappa shape index (κ2) is 12.3. The molecule has 0 aliphatic heterocycles. The number of hydrogen-bond acceptors (Lipinski definition) is 5. The number of benzene rings is 2. The minimum absolute atomic E-state index is 0.0278. The van der Waals surface area contributed by atoms with E-state index in [1.807, 2.05) is 27.7 Å². The van der Waals surface area contributed by atoms with Crippen molar-refractivity contribution in [3.8, 4) is 11.5 Å². The third-order valence-electron chi connectivity index (χ3n) is 4.41. The van der Waals surface area contributed by atoms with Crippen LogP contribution in [0.15, 0.2) is 39.9 Å². The summed E-state index contributed by atoms with van der Waals surface area (Å²) in [5.41, 5.74) is 3.37. The number of hydrazone groups is 1. The van der Waals surface area contributed by atoms with Crippen molar-refractivity contribution in [2.75, 3.05) is 7.11 Å². The molecule has 33 heavy (non-hydrogen) atoms. The van der Waals surface area contributed by atoms with Gasteiger partial charge in [-0.3, -0.25) is 9.59 Å². The first-order valence-corrected chi connectivity index (χ1v) is 11.7. The Balaban J connectivity index is 2.11. The van der Waals surface area contributed by atoms with E-state index in [-0.39, 0.29) is 22.6 Å². The second-order valence-electron chi connectivity index (χ2n) is 7.75. The van der Waals surface area contributed by atoms with Crippen LogP contribution < -0.4 is 20.2 Å². The van der Waals surface area contributed by atoms with Gasteiger partial charge in [0.2, 0.25) is 0 Å². The molecule has 0 aliphatic carbocycles. The lowest BCUT2D eigenvalue weighted by molar-refractivity contribution is -0.123. The van der Waals surface area contributed by atoms with Crippen molar-refractivity contribution in [2.45, 2.75) is 39.8 Å². The van der Waals surface area contributed by atoms with E-state index in [0.717, 1.165) is 0 Å². The number of halogens is 3. The molecule has 2 amide bonds. The lowest BCUT2D eigenvalue weighted by atomic mass is 10.0. The minimum Gasteiger partial charge on any atom is -0.493 e. The topological polar surface area (TPSA) is 89.0 Å². The number of carbonyl (C=O) groups is 2. The molecule has 10 heteroatoms. The molecule has 0 spiro atoms. The Kier molecular flexibility index (Phi) is 10.0. The second-order valence-corrected chi connectivity index (χ2v) is 9.45. The quantitative estimate of drug-likeness (QED) is 0.316. The van der Waals surface area contributed by atoms with Crippen LogP contribution in [0.2, 0.25) is 10.0 Å². The van der Waals surface area contributed by atoms with Gasteiger partial charge in [-0.1, -0.05) is 37.0 Å². The third-order valence-corrected chi connectivity index (χ3v) is 5.54. The smallest absolute Gasteiger partial charge is 0.262 e. The molecule has 0 aliphatic rings. The molecule has 0 saturated carbocycles. The lowest BCUT2D eigenvalue weighted by Gasteiger charge is -2.20. The number of nitrogens with zero attached hydrogens (tertiary/aromatic N) is 1. The Morgan fingerprint density at radius 1 is 1.12 bits per heavy atom. The molecular formula is C23H26BrCl2N3O4. The Bertz CT molecular complexity index is 1040. The van der Waals surface area contributed by atoms with Gasteiger partial charge in [-0.05, 0) is 71.6 Å². The van der Waals surface area contributed by atoms with Crippen LogP contribution in [0.3, 0.4) is 0 Å². The molecule has 1 unspecified atom stereocenters. The van der Waals surface area contributed by atoms with Gasteiger partial charge in [-0.25, -0.2) is 5.43 Å². The van der Waals surface area contributed by atoms with Gasteiger partial charge in [0.05, 0.1) is 34.5 Å². The first kappa shape index (κ1) is 27.0. The molecule has 0 heterocycles. The molecule has 0 saturated heterocycles. The van der Waals surface area contributed by atoms with Gasteiger partial charge < -0.3 is 14.8 Å². The summed E-state index contributed by atoms with van der Waals surface area (Å²) < 4.78 is 11.9. The van der Waals surface area contributed by atoms with Crippen molar-refractivity contribution >= 4 is 57.2 Å². The summed E-state index contributed by atoms with van der Waals surface area (Å²) in [5.74, 6) is -0.0403. The van der Waals surface area contributed by atoms with Crippen molar-refractivity contribution in [2.24, 2.45) is 11.0 Å². The minimum atomic E-state index is -0.829. The highest BCUT2D eigenvalue weighted by atomic mass is 79.9. The first-order chi connectivity index (χ1) is 15.5. The lowest BCUT2D eigenvalue weighted by Crippen LogP contribution is -2.48. The summed E-state index contributed by atoms with van der Waals surface area (Å²) in [5, 5.41) is 7.34. The van der Waals surface area contributed by atoms with Crippen LogP contribution in [0.1, 0.15) is 43.6 Å². The van der Waals surface area contributed by atoms with E-state index in [4.69, 9.17) is 32.7 Å².